The van der Waals surface area contributed by atoms with Crippen LogP contribution in [0.25, 0.3) is 11.3 Å². The first kappa shape index (κ1) is 17.0. The molecule has 0 saturated heterocycles. The van der Waals surface area contributed by atoms with Crippen molar-refractivity contribution >= 4 is 23.3 Å². The third-order valence-electron chi connectivity index (χ3n) is 3.51. The summed E-state index contributed by atoms with van der Waals surface area (Å²) in [5.41, 5.74) is 0.443. The molecule has 122 valence electrons. The molecule has 0 bridgehead atoms. The number of carboxylic acids is 1. The molecule has 0 radical (unpaired) electrons. The fourth-order valence-corrected chi connectivity index (χ4v) is 2.26. The quantitative estimate of drug-likeness (QED) is 0.640. The largest absolute Gasteiger partial charge is 0.480 e. The Morgan fingerprint density at radius 2 is 2.13 bits per heavy atom. The molecule has 0 saturated carbocycles. The molecule has 8 heteroatoms. The highest BCUT2D eigenvalue weighted by Gasteiger charge is 2.19. The third-order valence-corrected chi connectivity index (χ3v) is 3.83. The van der Waals surface area contributed by atoms with Crippen LogP contribution in [0.2, 0.25) is 5.02 Å². The van der Waals surface area contributed by atoms with E-state index in [1.165, 1.54) is 18.2 Å². The van der Waals surface area contributed by atoms with Crippen molar-refractivity contribution in [1.82, 2.24) is 4.90 Å². The van der Waals surface area contributed by atoms with E-state index in [4.69, 9.17) is 21.1 Å². The van der Waals surface area contributed by atoms with Crippen molar-refractivity contribution in [3.05, 3.63) is 51.2 Å². The Kier molecular flexibility index (Phi) is 5.02. The first-order chi connectivity index (χ1) is 10.8. The van der Waals surface area contributed by atoms with E-state index in [0.29, 0.717) is 23.6 Å². The van der Waals surface area contributed by atoms with E-state index in [-0.39, 0.29) is 10.7 Å². The van der Waals surface area contributed by atoms with Gasteiger partial charge in [-0.2, -0.15) is 0 Å². The second-order valence-electron chi connectivity index (χ2n) is 5.12. The summed E-state index contributed by atoms with van der Waals surface area (Å²) < 4.78 is 5.66. The fourth-order valence-electron chi connectivity index (χ4n) is 2.00. The van der Waals surface area contributed by atoms with E-state index in [0.717, 1.165) is 0 Å². The minimum atomic E-state index is -0.919. The summed E-state index contributed by atoms with van der Waals surface area (Å²) in [6.07, 6.45) is 0. The number of non-ortho nitro benzene ring substituents is 1. The predicted octanol–water partition coefficient (Wildman–Crippen LogP) is 3.41. The summed E-state index contributed by atoms with van der Waals surface area (Å²) in [5.74, 6) is 0.124. The molecular formula is C15H15ClN2O5. The number of hydrogen-bond acceptors (Lipinski definition) is 5. The number of nitro benzene ring substituents is 1. The molecule has 7 nitrogen and oxygen atoms in total. The number of carboxylic acid groups (broad SMARTS) is 1. The van der Waals surface area contributed by atoms with Crippen LogP contribution in [-0.4, -0.2) is 34.0 Å². The van der Waals surface area contributed by atoms with Crippen LogP contribution < -0.4 is 0 Å². The summed E-state index contributed by atoms with van der Waals surface area (Å²) in [6.45, 7) is 1.90. The maximum absolute atomic E-state index is 10.9. The highest BCUT2D eigenvalue weighted by atomic mass is 35.5. The predicted molar refractivity (Wildman–Crippen MR) is 84.4 cm³/mol. The van der Waals surface area contributed by atoms with E-state index in [9.17, 15) is 14.9 Å². The zero-order valence-electron chi connectivity index (χ0n) is 12.5. The van der Waals surface area contributed by atoms with Gasteiger partial charge in [0.2, 0.25) is 0 Å². The molecule has 0 aliphatic heterocycles. The monoisotopic (exact) mass is 338 g/mol. The first-order valence-electron chi connectivity index (χ1n) is 6.75. The van der Waals surface area contributed by atoms with Crippen LogP contribution in [0.15, 0.2) is 34.7 Å². The maximum Gasteiger partial charge on any atom is 0.320 e. The van der Waals surface area contributed by atoms with Crippen LogP contribution >= 0.6 is 11.6 Å². The number of likely N-dealkylation sites (N-methyl/N-ethyl adjacent to an activating group) is 1. The van der Waals surface area contributed by atoms with E-state index >= 15 is 0 Å². The first-order valence-corrected chi connectivity index (χ1v) is 7.13. The summed E-state index contributed by atoms with van der Waals surface area (Å²) in [4.78, 5) is 22.8. The summed E-state index contributed by atoms with van der Waals surface area (Å²) in [5, 5.41) is 19.9. The van der Waals surface area contributed by atoms with Crippen LogP contribution in [0.1, 0.15) is 12.7 Å². The Hall–Kier alpha value is -2.38. The van der Waals surface area contributed by atoms with Crippen molar-refractivity contribution in [3.63, 3.8) is 0 Å². The molecule has 0 spiro atoms. The molecule has 0 amide bonds. The molecule has 0 fully saturated rings. The molecule has 1 aromatic carbocycles. The molecule has 2 aromatic rings. The van der Waals surface area contributed by atoms with Crippen molar-refractivity contribution in [1.29, 1.82) is 0 Å². The smallest absolute Gasteiger partial charge is 0.320 e. The van der Waals surface area contributed by atoms with Crippen molar-refractivity contribution in [2.45, 2.75) is 19.5 Å². The van der Waals surface area contributed by atoms with E-state index in [2.05, 4.69) is 0 Å². The zero-order valence-corrected chi connectivity index (χ0v) is 13.3. The van der Waals surface area contributed by atoms with Gasteiger partial charge < -0.3 is 9.52 Å². The molecule has 1 heterocycles. The minimum absolute atomic E-state index is 0.0967. The highest BCUT2D eigenvalue weighted by Crippen LogP contribution is 2.32. The molecule has 1 atom stereocenters. The molecule has 2 rings (SSSR count). The number of rotatable bonds is 6. The lowest BCUT2D eigenvalue weighted by Gasteiger charge is -2.19. The second-order valence-corrected chi connectivity index (χ2v) is 5.52. The van der Waals surface area contributed by atoms with E-state index in [1.807, 2.05) is 0 Å². The Bertz CT molecular complexity index is 743. The average molecular weight is 339 g/mol. The molecule has 0 aliphatic rings. The van der Waals surface area contributed by atoms with Crippen LogP contribution in [0, 0.1) is 10.1 Å². The number of benzene rings is 1. The molecule has 1 N–H and O–H groups in total. The van der Waals surface area contributed by atoms with Gasteiger partial charge in [-0.1, -0.05) is 11.6 Å². The van der Waals surface area contributed by atoms with Crippen LogP contribution in [0.5, 0.6) is 0 Å². The molecule has 1 unspecified atom stereocenters. The maximum atomic E-state index is 10.9. The van der Waals surface area contributed by atoms with Gasteiger partial charge in [-0.25, -0.2) is 0 Å². The van der Waals surface area contributed by atoms with Gasteiger partial charge in [-0.3, -0.25) is 19.8 Å². The van der Waals surface area contributed by atoms with Crippen LogP contribution in [0.3, 0.4) is 0 Å². The third kappa shape index (κ3) is 3.88. The highest BCUT2D eigenvalue weighted by molar-refractivity contribution is 6.33. The Labute approximate surface area is 137 Å². The average Bonchev–Trinajstić information content (AvgIpc) is 2.94. The van der Waals surface area contributed by atoms with Crippen molar-refractivity contribution < 1.29 is 19.2 Å². The van der Waals surface area contributed by atoms with Gasteiger partial charge in [0.05, 0.1) is 16.5 Å². The zero-order chi connectivity index (χ0) is 17.1. The summed E-state index contributed by atoms with van der Waals surface area (Å²) in [6, 6.07) is 6.90. The van der Waals surface area contributed by atoms with Crippen molar-refractivity contribution in [3.8, 4) is 11.3 Å². The molecule has 23 heavy (non-hydrogen) atoms. The van der Waals surface area contributed by atoms with Crippen LogP contribution in [0.4, 0.5) is 5.69 Å². The lowest BCUT2D eigenvalue weighted by atomic mass is 10.1. The second kappa shape index (κ2) is 6.80. The number of aliphatic carboxylic acids is 1. The van der Waals surface area contributed by atoms with Crippen molar-refractivity contribution in [2.75, 3.05) is 7.05 Å². The lowest BCUT2D eigenvalue weighted by Crippen LogP contribution is -2.35. The molecular weight excluding hydrogens is 324 g/mol. The molecule has 0 aliphatic carbocycles. The van der Waals surface area contributed by atoms with Gasteiger partial charge in [0.15, 0.2) is 0 Å². The van der Waals surface area contributed by atoms with E-state index in [1.54, 1.807) is 31.0 Å². The number of nitro groups is 1. The SMILES string of the molecule is CC(C(=O)O)N(C)Cc1ccc(-c2ccc([N+](=O)[O-])cc2Cl)o1. The fraction of sp³-hybridized carbons (Fsp3) is 0.267. The minimum Gasteiger partial charge on any atom is -0.480 e. The number of hydrogen-bond donors (Lipinski definition) is 1. The van der Waals surface area contributed by atoms with Crippen molar-refractivity contribution in [2.24, 2.45) is 0 Å². The van der Waals surface area contributed by atoms with Gasteiger partial charge in [-0.15, -0.1) is 0 Å². The van der Waals surface area contributed by atoms with Crippen LogP contribution in [-0.2, 0) is 11.3 Å². The van der Waals surface area contributed by atoms with Gasteiger partial charge >= 0.3 is 5.97 Å². The standard InChI is InChI=1S/C15H15ClN2O5/c1-9(15(19)20)17(2)8-11-4-6-14(23-11)12-5-3-10(18(21)22)7-13(12)16/h3-7,9H,8H2,1-2H3,(H,19,20). The number of furan rings is 1. The number of carbonyl (C=O) groups is 1. The van der Waals surface area contributed by atoms with Gasteiger partial charge in [0.25, 0.3) is 5.69 Å². The topological polar surface area (TPSA) is 96.8 Å². The molecule has 1 aromatic heterocycles. The van der Waals surface area contributed by atoms with Gasteiger partial charge in [0, 0.05) is 17.7 Å². The number of nitrogens with zero attached hydrogens (tertiary/aromatic N) is 2. The Morgan fingerprint density at radius 1 is 1.43 bits per heavy atom. The normalized spacial score (nSPS) is 12.3. The van der Waals surface area contributed by atoms with Gasteiger partial charge in [-0.05, 0) is 32.2 Å². The lowest BCUT2D eigenvalue weighted by molar-refractivity contribution is -0.384. The Balaban J connectivity index is 2.19. The summed E-state index contributed by atoms with van der Waals surface area (Å²) in [7, 11) is 1.68. The summed E-state index contributed by atoms with van der Waals surface area (Å²) >= 11 is 6.06. The Morgan fingerprint density at radius 3 is 2.70 bits per heavy atom. The van der Waals surface area contributed by atoms with E-state index < -0.39 is 16.9 Å². The van der Waals surface area contributed by atoms with Gasteiger partial charge in [0.1, 0.15) is 17.6 Å². The number of halogens is 1.